The predicted molar refractivity (Wildman–Crippen MR) is 70.9 cm³/mol. The standard InChI is InChI=1S/C12H13N3OS/c1-7(16)11(17-2)10-8-4-3-5-14-12(8)15-6-9(10)13/h3-6,11H,13H2,1-2H3. The molecule has 0 amide bonds. The van der Waals surface area contributed by atoms with Crippen molar-refractivity contribution in [2.45, 2.75) is 12.2 Å². The lowest BCUT2D eigenvalue weighted by Gasteiger charge is -2.15. The lowest BCUT2D eigenvalue weighted by Crippen LogP contribution is -2.09. The lowest BCUT2D eigenvalue weighted by molar-refractivity contribution is -0.116. The van der Waals surface area contributed by atoms with Crippen molar-refractivity contribution >= 4 is 34.3 Å². The normalized spacial score (nSPS) is 12.6. The summed E-state index contributed by atoms with van der Waals surface area (Å²) in [6, 6.07) is 3.72. The van der Waals surface area contributed by atoms with Gasteiger partial charge in [0.1, 0.15) is 5.78 Å². The molecule has 2 N–H and O–H groups in total. The molecule has 0 bridgehead atoms. The van der Waals surface area contributed by atoms with E-state index in [2.05, 4.69) is 9.97 Å². The minimum Gasteiger partial charge on any atom is -0.397 e. The van der Waals surface area contributed by atoms with E-state index < -0.39 is 0 Å². The quantitative estimate of drug-likeness (QED) is 0.900. The Morgan fingerprint density at radius 2 is 2.24 bits per heavy atom. The maximum atomic E-state index is 11.7. The number of aromatic nitrogens is 2. The fourth-order valence-electron chi connectivity index (χ4n) is 1.85. The topological polar surface area (TPSA) is 68.9 Å². The Hall–Kier alpha value is -1.62. The molecule has 0 aromatic carbocycles. The van der Waals surface area contributed by atoms with Crippen molar-refractivity contribution in [3.05, 3.63) is 30.1 Å². The van der Waals surface area contributed by atoms with Crippen LogP contribution in [0.5, 0.6) is 0 Å². The van der Waals surface area contributed by atoms with Crippen molar-refractivity contribution < 1.29 is 4.79 Å². The molecule has 88 valence electrons. The van der Waals surface area contributed by atoms with Gasteiger partial charge in [0.2, 0.25) is 0 Å². The Balaban J connectivity index is 2.73. The maximum Gasteiger partial charge on any atom is 0.159 e. The molecule has 0 saturated carbocycles. The molecule has 2 heterocycles. The van der Waals surface area contributed by atoms with Crippen LogP contribution in [-0.4, -0.2) is 22.0 Å². The SMILES string of the molecule is CSC(C(C)=O)c1c(N)cnc2ncccc12. The highest BCUT2D eigenvalue weighted by Gasteiger charge is 2.21. The third kappa shape index (κ3) is 2.10. The Bertz CT molecular complexity index is 571. The molecule has 0 saturated heterocycles. The second-order valence-electron chi connectivity index (χ2n) is 3.73. The van der Waals surface area contributed by atoms with Gasteiger partial charge in [-0.1, -0.05) is 0 Å². The van der Waals surface area contributed by atoms with Crippen LogP contribution in [0.3, 0.4) is 0 Å². The first kappa shape index (κ1) is 11.9. The van der Waals surface area contributed by atoms with E-state index in [-0.39, 0.29) is 11.0 Å². The lowest BCUT2D eigenvalue weighted by atomic mass is 10.0. The van der Waals surface area contributed by atoms with Crippen molar-refractivity contribution in [3.63, 3.8) is 0 Å². The number of thioether (sulfide) groups is 1. The van der Waals surface area contributed by atoms with Crippen molar-refractivity contribution in [2.75, 3.05) is 12.0 Å². The number of pyridine rings is 2. The van der Waals surface area contributed by atoms with Crippen LogP contribution in [0.2, 0.25) is 0 Å². The zero-order chi connectivity index (χ0) is 12.4. The van der Waals surface area contributed by atoms with Crippen LogP contribution in [0.4, 0.5) is 5.69 Å². The van der Waals surface area contributed by atoms with Gasteiger partial charge in [0.25, 0.3) is 0 Å². The third-order valence-electron chi connectivity index (χ3n) is 2.58. The van der Waals surface area contributed by atoms with E-state index in [1.54, 1.807) is 19.3 Å². The fourth-order valence-corrected chi connectivity index (χ4v) is 2.68. The molecule has 2 aromatic rings. The molecule has 4 nitrogen and oxygen atoms in total. The number of hydrogen-bond acceptors (Lipinski definition) is 5. The first-order chi connectivity index (χ1) is 8.15. The predicted octanol–water partition coefficient (Wildman–Crippen LogP) is 2.21. The Morgan fingerprint density at radius 1 is 1.47 bits per heavy atom. The number of Topliss-reactive ketones (excluding diaryl/α,β-unsaturated/α-hetero) is 1. The summed E-state index contributed by atoms with van der Waals surface area (Å²) in [4.78, 5) is 20.0. The molecule has 17 heavy (non-hydrogen) atoms. The zero-order valence-electron chi connectivity index (χ0n) is 9.68. The van der Waals surface area contributed by atoms with Crippen LogP contribution in [0.25, 0.3) is 11.0 Å². The van der Waals surface area contributed by atoms with Crippen LogP contribution in [0.15, 0.2) is 24.5 Å². The summed E-state index contributed by atoms with van der Waals surface area (Å²) in [5, 5.41) is 0.590. The van der Waals surface area contributed by atoms with Gasteiger partial charge in [-0.3, -0.25) is 4.79 Å². The number of carbonyl (C=O) groups excluding carboxylic acids is 1. The minimum absolute atomic E-state index is 0.0838. The van der Waals surface area contributed by atoms with Gasteiger partial charge in [-0.2, -0.15) is 0 Å². The molecule has 1 unspecified atom stereocenters. The highest BCUT2D eigenvalue weighted by molar-refractivity contribution is 7.99. The molecule has 0 radical (unpaired) electrons. The summed E-state index contributed by atoms with van der Waals surface area (Å²) in [6.45, 7) is 1.57. The molecule has 0 aliphatic heterocycles. The van der Waals surface area contributed by atoms with Gasteiger partial charge in [-0.15, -0.1) is 11.8 Å². The van der Waals surface area contributed by atoms with Gasteiger partial charge in [0, 0.05) is 17.1 Å². The molecular weight excluding hydrogens is 234 g/mol. The Labute approximate surface area is 104 Å². The summed E-state index contributed by atoms with van der Waals surface area (Å²) < 4.78 is 0. The molecule has 2 rings (SSSR count). The van der Waals surface area contributed by atoms with E-state index in [1.165, 1.54) is 11.8 Å². The van der Waals surface area contributed by atoms with Crippen LogP contribution < -0.4 is 5.73 Å². The van der Waals surface area contributed by atoms with E-state index in [0.717, 1.165) is 10.9 Å². The van der Waals surface area contributed by atoms with Gasteiger partial charge in [-0.25, -0.2) is 9.97 Å². The third-order valence-corrected chi connectivity index (χ3v) is 3.62. The highest BCUT2D eigenvalue weighted by Crippen LogP contribution is 2.35. The van der Waals surface area contributed by atoms with Crippen molar-refractivity contribution in [1.82, 2.24) is 9.97 Å². The second kappa shape index (κ2) is 4.71. The molecule has 0 aliphatic carbocycles. The first-order valence-electron chi connectivity index (χ1n) is 5.17. The Kier molecular flexibility index (Phi) is 3.28. The van der Waals surface area contributed by atoms with Gasteiger partial charge in [0.15, 0.2) is 5.65 Å². The van der Waals surface area contributed by atoms with Crippen LogP contribution in [0, 0.1) is 0 Å². The average molecular weight is 247 g/mol. The summed E-state index contributed by atoms with van der Waals surface area (Å²) in [7, 11) is 0. The van der Waals surface area contributed by atoms with E-state index in [4.69, 9.17) is 5.73 Å². The summed E-state index contributed by atoms with van der Waals surface area (Å²) >= 11 is 1.48. The van der Waals surface area contributed by atoms with Crippen molar-refractivity contribution in [2.24, 2.45) is 0 Å². The van der Waals surface area contributed by atoms with E-state index >= 15 is 0 Å². The van der Waals surface area contributed by atoms with Crippen molar-refractivity contribution in [1.29, 1.82) is 0 Å². The summed E-state index contributed by atoms with van der Waals surface area (Å²) in [6.07, 6.45) is 5.14. The molecule has 5 heteroatoms. The maximum absolute atomic E-state index is 11.7. The monoisotopic (exact) mass is 247 g/mol. The largest absolute Gasteiger partial charge is 0.397 e. The second-order valence-corrected chi connectivity index (χ2v) is 4.67. The number of nitrogens with two attached hydrogens (primary N) is 1. The number of nitrogens with zero attached hydrogens (tertiary/aromatic N) is 2. The molecule has 0 spiro atoms. The van der Waals surface area contributed by atoms with E-state index in [9.17, 15) is 4.79 Å². The fraction of sp³-hybridized carbons (Fsp3) is 0.250. The number of carbonyl (C=O) groups is 1. The molecule has 1 atom stereocenters. The van der Waals surface area contributed by atoms with Crippen LogP contribution >= 0.6 is 11.8 Å². The number of hydrogen-bond donors (Lipinski definition) is 1. The molecular formula is C12H13N3OS. The number of fused-ring (bicyclic) bond motifs is 1. The van der Waals surface area contributed by atoms with E-state index in [0.29, 0.717) is 11.3 Å². The molecule has 0 fully saturated rings. The average Bonchev–Trinajstić information content (AvgIpc) is 2.32. The highest BCUT2D eigenvalue weighted by atomic mass is 32.2. The smallest absolute Gasteiger partial charge is 0.159 e. The van der Waals surface area contributed by atoms with Crippen molar-refractivity contribution in [3.8, 4) is 0 Å². The van der Waals surface area contributed by atoms with Gasteiger partial charge in [0.05, 0.1) is 17.1 Å². The number of rotatable bonds is 3. The first-order valence-corrected chi connectivity index (χ1v) is 6.46. The summed E-state index contributed by atoms with van der Waals surface area (Å²) in [5.41, 5.74) is 7.93. The number of nitrogen functional groups attached to an aromatic ring is 1. The molecule has 2 aromatic heterocycles. The van der Waals surface area contributed by atoms with Gasteiger partial charge < -0.3 is 5.73 Å². The summed E-state index contributed by atoms with van der Waals surface area (Å²) in [5.74, 6) is 0.0838. The molecule has 0 aliphatic rings. The minimum atomic E-state index is -0.260. The Morgan fingerprint density at radius 3 is 2.88 bits per heavy atom. The number of ketones is 1. The number of anilines is 1. The van der Waals surface area contributed by atoms with Gasteiger partial charge in [-0.05, 0) is 25.3 Å². The van der Waals surface area contributed by atoms with E-state index in [1.807, 2.05) is 18.4 Å². The zero-order valence-corrected chi connectivity index (χ0v) is 10.5. The van der Waals surface area contributed by atoms with Crippen LogP contribution in [-0.2, 0) is 4.79 Å². The van der Waals surface area contributed by atoms with Gasteiger partial charge >= 0.3 is 0 Å². The van der Waals surface area contributed by atoms with Crippen LogP contribution in [0.1, 0.15) is 17.7 Å².